The van der Waals surface area contributed by atoms with Gasteiger partial charge in [-0.1, -0.05) is 30.3 Å². The van der Waals surface area contributed by atoms with Crippen LogP contribution in [-0.2, 0) is 6.42 Å². The third-order valence-corrected chi connectivity index (χ3v) is 2.94. The first-order valence-electron chi connectivity index (χ1n) is 4.66. The molecule has 0 amide bonds. The maximum Gasteiger partial charge on any atom is 0.176 e. The molecule has 0 saturated heterocycles. The van der Waals surface area contributed by atoms with Gasteiger partial charge in [-0.2, -0.15) is 5.10 Å². The first-order chi connectivity index (χ1) is 7.15. The SMILES string of the molecule is CC(C)Cc1cc(-c2n[nH]c(=S)s2)no1. The minimum atomic E-state index is 0.558. The summed E-state index contributed by atoms with van der Waals surface area (Å²) in [5.74, 6) is 1.45. The van der Waals surface area contributed by atoms with Gasteiger partial charge in [0.05, 0.1) is 0 Å². The van der Waals surface area contributed by atoms with E-state index in [9.17, 15) is 0 Å². The van der Waals surface area contributed by atoms with E-state index < -0.39 is 0 Å². The summed E-state index contributed by atoms with van der Waals surface area (Å²) in [7, 11) is 0. The van der Waals surface area contributed by atoms with Crippen molar-refractivity contribution in [3.05, 3.63) is 15.8 Å². The Bertz CT molecular complexity index is 497. The van der Waals surface area contributed by atoms with Crippen LogP contribution in [0.5, 0.6) is 0 Å². The topological polar surface area (TPSA) is 54.7 Å². The van der Waals surface area contributed by atoms with Gasteiger partial charge in [0.15, 0.2) is 8.96 Å². The van der Waals surface area contributed by atoms with Crippen LogP contribution in [0.3, 0.4) is 0 Å². The first-order valence-corrected chi connectivity index (χ1v) is 5.89. The Kier molecular flexibility index (Phi) is 2.97. The van der Waals surface area contributed by atoms with Crippen molar-refractivity contribution in [1.29, 1.82) is 0 Å². The number of aromatic amines is 1. The van der Waals surface area contributed by atoms with Gasteiger partial charge in [0.2, 0.25) is 0 Å². The summed E-state index contributed by atoms with van der Waals surface area (Å²) < 4.78 is 5.86. The monoisotopic (exact) mass is 241 g/mol. The van der Waals surface area contributed by atoms with Gasteiger partial charge in [-0.3, -0.25) is 5.10 Å². The summed E-state index contributed by atoms with van der Waals surface area (Å²) in [6.45, 7) is 4.28. The van der Waals surface area contributed by atoms with E-state index in [1.165, 1.54) is 11.3 Å². The van der Waals surface area contributed by atoms with Crippen molar-refractivity contribution >= 4 is 23.6 Å². The quantitative estimate of drug-likeness (QED) is 0.839. The van der Waals surface area contributed by atoms with E-state index >= 15 is 0 Å². The summed E-state index contributed by atoms with van der Waals surface area (Å²) in [6.07, 6.45) is 0.892. The van der Waals surface area contributed by atoms with E-state index in [4.69, 9.17) is 16.7 Å². The second kappa shape index (κ2) is 4.24. The van der Waals surface area contributed by atoms with Crippen LogP contribution in [-0.4, -0.2) is 15.4 Å². The number of nitrogens with zero attached hydrogens (tertiary/aromatic N) is 2. The minimum Gasteiger partial charge on any atom is -0.361 e. The third kappa shape index (κ3) is 2.51. The fourth-order valence-electron chi connectivity index (χ4n) is 1.25. The Morgan fingerprint density at radius 3 is 3.00 bits per heavy atom. The van der Waals surface area contributed by atoms with E-state index in [2.05, 4.69) is 29.2 Å². The molecule has 80 valence electrons. The van der Waals surface area contributed by atoms with Crippen LogP contribution in [0.1, 0.15) is 19.6 Å². The van der Waals surface area contributed by atoms with Gasteiger partial charge in [-0.05, 0) is 18.1 Å². The normalized spacial score (nSPS) is 11.1. The number of rotatable bonds is 3. The highest BCUT2D eigenvalue weighted by atomic mass is 32.1. The zero-order chi connectivity index (χ0) is 10.8. The summed E-state index contributed by atoms with van der Waals surface area (Å²) >= 11 is 6.35. The molecule has 2 rings (SSSR count). The number of nitrogens with one attached hydrogen (secondary N) is 1. The smallest absolute Gasteiger partial charge is 0.176 e. The summed E-state index contributed by atoms with van der Waals surface area (Å²) in [4.78, 5) is 0. The highest BCUT2D eigenvalue weighted by molar-refractivity contribution is 7.73. The molecule has 0 unspecified atom stereocenters. The molecule has 6 heteroatoms. The Balaban J connectivity index is 2.23. The van der Waals surface area contributed by atoms with Gasteiger partial charge in [0, 0.05) is 12.5 Å². The number of aromatic nitrogens is 3. The van der Waals surface area contributed by atoms with Crippen molar-refractivity contribution in [2.45, 2.75) is 20.3 Å². The molecule has 15 heavy (non-hydrogen) atoms. The van der Waals surface area contributed by atoms with E-state index in [0.717, 1.165) is 22.9 Å². The molecule has 2 aromatic heterocycles. The fraction of sp³-hybridized carbons (Fsp3) is 0.444. The Morgan fingerprint density at radius 1 is 1.60 bits per heavy atom. The molecule has 2 heterocycles. The van der Waals surface area contributed by atoms with Gasteiger partial charge in [0.25, 0.3) is 0 Å². The Morgan fingerprint density at radius 2 is 2.40 bits per heavy atom. The molecule has 0 aliphatic carbocycles. The highest BCUT2D eigenvalue weighted by Crippen LogP contribution is 2.22. The standard InChI is InChI=1S/C9H11N3OS2/c1-5(2)3-6-4-7(12-13-6)8-10-11-9(14)15-8/h4-5H,3H2,1-2H3,(H,11,14). The van der Waals surface area contributed by atoms with Crippen molar-refractivity contribution < 1.29 is 4.52 Å². The molecule has 0 aliphatic rings. The van der Waals surface area contributed by atoms with Crippen LogP contribution in [0.25, 0.3) is 10.7 Å². The van der Waals surface area contributed by atoms with Crippen LogP contribution in [0.2, 0.25) is 0 Å². The number of H-pyrrole nitrogens is 1. The van der Waals surface area contributed by atoms with Crippen molar-refractivity contribution in [2.75, 3.05) is 0 Å². The third-order valence-electron chi connectivity index (χ3n) is 1.83. The molecule has 0 spiro atoms. The van der Waals surface area contributed by atoms with Crippen LogP contribution in [0, 0.1) is 9.87 Å². The molecule has 4 nitrogen and oxygen atoms in total. The molecule has 1 N–H and O–H groups in total. The lowest BCUT2D eigenvalue weighted by molar-refractivity contribution is 0.370. The number of hydrogen-bond acceptors (Lipinski definition) is 5. The van der Waals surface area contributed by atoms with E-state index in [-0.39, 0.29) is 0 Å². The summed E-state index contributed by atoms with van der Waals surface area (Å²) in [6, 6.07) is 1.92. The molecule has 0 aliphatic heterocycles. The molecule has 0 saturated carbocycles. The summed E-state index contributed by atoms with van der Waals surface area (Å²) in [5, 5.41) is 11.5. The number of hydrogen-bond donors (Lipinski definition) is 1. The van der Waals surface area contributed by atoms with E-state index in [1.807, 2.05) is 6.07 Å². The van der Waals surface area contributed by atoms with E-state index in [0.29, 0.717) is 9.87 Å². The van der Waals surface area contributed by atoms with Crippen molar-refractivity contribution in [3.8, 4) is 10.7 Å². The Labute approximate surface area is 96.3 Å². The van der Waals surface area contributed by atoms with Crippen LogP contribution >= 0.6 is 23.6 Å². The average molecular weight is 241 g/mol. The molecule has 0 bridgehead atoms. The zero-order valence-corrected chi connectivity index (χ0v) is 10.1. The molecule has 2 aromatic rings. The first kappa shape index (κ1) is 10.5. The minimum absolute atomic E-state index is 0.558. The predicted octanol–water partition coefficient (Wildman–Crippen LogP) is 3.05. The van der Waals surface area contributed by atoms with E-state index in [1.54, 1.807) is 0 Å². The maximum absolute atomic E-state index is 5.21. The molecular weight excluding hydrogens is 230 g/mol. The highest BCUT2D eigenvalue weighted by Gasteiger charge is 2.10. The lowest BCUT2D eigenvalue weighted by Gasteiger charge is -1.96. The summed E-state index contributed by atoms with van der Waals surface area (Å²) in [5.41, 5.74) is 0.753. The second-order valence-electron chi connectivity index (χ2n) is 3.69. The van der Waals surface area contributed by atoms with Crippen molar-refractivity contribution in [3.63, 3.8) is 0 Å². The largest absolute Gasteiger partial charge is 0.361 e. The van der Waals surface area contributed by atoms with Gasteiger partial charge in [-0.15, -0.1) is 0 Å². The average Bonchev–Trinajstić information content (AvgIpc) is 2.72. The van der Waals surface area contributed by atoms with Gasteiger partial charge in [0.1, 0.15) is 11.5 Å². The van der Waals surface area contributed by atoms with Gasteiger partial charge >= 0.3 is 0 Å². The second-order valence-corrected chi connectivity index (χ2v) is 5.36. The van der Waals surface area contributed by atoms with Crippen LogP contribution in [0.15, 0.2) is 10.6 Å². The molecule has 0 atom stereocenters. The van der Waals surface area contributed by atoms with Crippen LogP contribution in [0.4, 0.5) is 0 Å². The van der Waals surface area contributed by atoms with Gasteiger partial charge in [-0.25, -0.2) is 0 Å². The molecular formula is C9H11N3OS2. The lowest BCUT2D eigenvalue weighted by atomic mass is 10.1. The lowest BCUT2D eigenvalue weighted by Crippen LogP contribution is -1.90. The maximum atomic E-state index is 5.21. The molecule has 0 aromatic carbocycles. The predicted molar refractivity (Wildman–Crippen MR) is 61.3 cm³/mol. The van der Waals surface area contributed by atoms with Crippen LogP contribution < -0.4 is 0 Å². The zero-order valence-electron chi connectivity index (χ0n) is 8.48. The van der Waals surface area contributed by atoms with Crippen molar-refractivity contribution in [1.82, 2.24) is 15.4 Å². The fourth-order valence-corrected chi connectivity index (χ4v) is 2.09. The molecule has 0 fully saturated rings. The van der Waals surface area contributed by atoms with Crippen molar-refractivity contribution in [2.24, 2.45) is 5.92 Å². The van der Waals surface area contributed by atoms with Gasteiger partial charge < -0.3 is 4.52 Å². The Hall–Kier alpha value is -1.01. The molecule has 0 radical (unpaired) electrons.